The van der Waals surface area contributed by atoms with Crippen molar-refractivity contribution < 1.29 is 49.4 Å². The first kappa shape index (κ1) is 14.1. The Kier molecular flexibility index (Phi) is 5.53. The number of hydrogen-bond acceptors (Lipinski definition) is 2. The third-order valence-corrected chi connectivity index (χ3v) is 1.74. The van der Waals surface area contributed by atoms with E-state index >= 15 is 0 Å². The molecule has 0 saturated carbocycles. The molecular weight excluding hydrogens is 209 g/mol. The SMILES string of the molecule is [NH-]C(C(=O)O)c1ccc(C(=O)O)cc1.[Na+]. The zero-order valence-electron chi connectivity index (χ0n) is 8.10. The molecule has 1 atom stereocenters. The number of carboxylic acid groups (broad SMARTS) is 2. The summed E-state index contributed by atoms with van der Waals surface area (Å²) in [7, 11) is 0. The van der Waals surface area contributed by atoms with Crippen LogP contribution in [0.4, 0.5) is 0 Å². The number of nitrogens with one attached hydrogen (secondary N) is 1. The van der Waals surface area contributed by atoms with Crippen LogP contribution in [0.2, 0.25) is 0 Å². The zero-order valence-corrected chi connectivity index (χ0v) is 10.1. The van der Waals surface area contributed by atoms with Crippen molar-refractivity contribution in [3.63, 3.8) is 0 Å². The molecule has 0 aliphatic rings. The van der Waals surface area contributed by atoms with Crippen molar-refractivity contribution in [2.45, 2.75) is 6.04 Å². The minimum Gasteiger partial charge on any atom is -0.661 e. The van der Waals surface area contributed by atoms with Gasteiger partial charge in [-0.25, -0.2) is 4.79 Å². The predicted octanol–water partition coefficient (Wildman–Crippen LogP) is -1.43. The van der Waals surface area contributed by atoms with E-state index in [0.717, 1.165) is 0 Å². The van der Waals surface area contributed by atoms with Crippen LogP contribution in [0.25, 0.3) is 5.73 Å². The third kappa shape index (κ3) is 3.64. The Morgan fingerprint density at radius 1 is 1.13 bits per heavy atom. The van der Waals surface area contributed by atoms with Crippen molar-refractivity contribution in [2.24, 2.45) is 0 Å². The molecule has 1 aromatic rings. The Balaban J connectivity index is 0.00000196. The Bertz CT molecular complexity index is 363. The van der Waals surface area contributed by atoms with E-state index in [-0.39, 0.29) is 40.7 Å². The summed E-state index contributed by atoms with van der Waals surface area (Å²) >= 11 is 0. The van der Waals surface area contributed by atoms with Crippen LogP contribution in [0.3, 0.4) is 0 Å². The van der Waals surface area contributed by atoms with Crippen molar-refractivity contribution in [3.8, 4) is 0 Å². The molecule has 0 aromatic heterocycles. The summed E-state index contributed by atoms with van der Waals surface area (Å²) in [5, 5.41) is 17.1. The van der Waals surface area contributed by atoms with Crippen molar-refractivity contribution >= 4 is 11.9 Å². The van der Waals surface area contributed by atoms with Crippen LogP contribution in [0.1, 0.15) is 22.0 Å². The maximum atomic E-state index is 10.5. The molecule has 0 saturated heterocycles. The van der Waals surface area contributed by atoms with Crippen LogP contribution in [0.15, 0.2) is 24.3 Å². The topological polar surface area (TPSA) is 98.4 Å². The number of aromatic carboxylic acids is 1. The Hall–Kier alpha value is -0.880. The molecule has 0 aliphatic heterocycles. The van der Waals surface area contributed by atoms with Gasteiger partial charge in [-0.1, -0.05) is 17.7 Å². The number of hydrogen-bond donors (Lipinski definition) is 2. The van der Waals surface area contributed by atoms with Gasteiger partial charge in [0.1, 0.15) is 0 Å². The molecule has 74 valence electrons. The number of benzene rings is 1. The number of carbonyl (C=O) groups is 2. The fourth-order valence-electron chi connectivity index (χ4n) is 0.961. The monoisotopic (exact) mass is 217 g/mol. The molecule has 3 N–H and O–H groups in total. The molecule has 0 radical (unpaired) electrons. The fourth-order valence-corrected chi connectivity index (χ4v) is 0.961. The summed E-state index contributed by atoms with van der Waals surface area (Å²) in [4.78, 5) is 20.9. The van der Waals surface area contributed by atoms with Gasteiger partial charge in [0, 0.05) is 0 Å². The van der Waals surface area contributed by atoms with E-state index in [1.807, 2.05) is 0 Å². The summed E-state index contributed by atoms with van der Waals surface area (Å²) < 4.78 is 0. The van der Waals surface area contributed by atoms with Gasteiger partial charge in [0.05, 0.1) is 5.56 Å². The van der Waals surface area contributed by atoms with E-state index in [0.29, 0.717) is 0 Å². The minimum atomic E-state index is -1.36. The van der Waals surface area contributed by atoms with Crippen molar-refractivity contribution in [3.05, 3.63) is 41.1 Å². The molecule has 5 nitrogen and oxygen atoms in total. The van der Waals surface area contributed by atoms with Gasteiger partial charge in [0.15, 0.2) is 0 Å². The van der Waals surface area contributed by atoms with Gasteiger partial charge in [-0.05, 0) is 18.2 Å². The average Bonchev–Trinajstić information content (AvgIpc) is 2.16. The quantitative estimate of drug-likeness (QED) is 0.606. The van der Waals surface area contributed by atoms with Crippen molar-refractivity contribution in [2.75, 3.05) is 0 Å². The molecular formula is C9H8NNaO4. The maximum absolute atomic E-state index is 10.5. The maximum Gasteiger partial charge on any atom is 1.00 e. The Morgan fingerprint density at radius 3 is 1.93 bits per heavy atom. The summed E-state index contributed by atoms with van der Waals surface area (Å²) in [6.07, 6.45) is 0. The zero-order chi connectivity index (χ0) is 10.7. The largest absolute Gasteiger partial charge is 1.00 e. The first-order chi connectivity index (χ1) is 6.52. The van der Waals surface area contributed by atoms with Gasteiger partial charge in [0.2, 0.25) is 0 Å². The molecule has 6 heteroatoms. The van der Waals surface area contributed by atoms with E-state index < -0.39 is 18.0 Å². The summed E-state index contributed by atoms with van der Waals surface area (Å²) in [5.74, 6) is -2.33. The van der Waals surface area contributed by atoms with E-state index in [1.165, 1.54) is 24.3 Å². The van der Waals surface area contributed by atoms with E-state index in [2.05, 4.69) is 0 Å². The van der Waals surface area contributed by atoms with E-state index in [9.17, 15) is 9.59 Å². The van der Waals surface area contributed by atoms with Crippen LogP contribution in [-0.2, 0) is 4.79 Å². The standard InChI is InChI=1S/C9H8NO4.Na/c10-7(9(13)14)5-1-3-6(4-2-5)8(11)12;/h1-4,7,10H,(H,11,12)(H,13,14);/q-1;+1. The van der Waals surface area contributed by atoms with Gasteiger partial charge in [-0.2, -0.15) is 0 Å². The smallest absolute Gasteiger partial charge is 0.661 e. The van der Waals surface area contributed by atoms with Crippen molar-refractivity contribution in [1.82, 2.24) is 0 Å². The van der Waals surface area contributed by atoms with E-state index in [1.54, 1.807) is 0 Å². The molecule has 0 spiro atoms. The molecule has 15 heavy (non-hydrogen) atoms. The predicted molar refractivity (Wildman–Crippen MR) is 48.1 cm³/mol. The van der Waals surface area contributed by atoms with Crippen molar-refractivity contribution in [1.29, 1.82) is 0 Å². The molecule has 1 unspecified atom stereocenters. The second-order valence-corrected chi connectivity index (χ2v) is 2.70. The van der Waals surface area contributed by atoms with Crippen LogP contribution in [0, 0.1) is 0 Å². The Labute approximate surface area is 108 Å². The van der Waals surface area contributed by atoms with Gasteiger partial charge in [-0.3, -0.25) is 4.79 Å². The number of rotatable bonds is 3. The Morgan fingerprint density at radius 2 is 1.60 bits per heavy atom. The number of aliphatic carboxylic acids is 1. The molecule has 0 fully saturated rings. The van der Waals surface area contributed by atoms with Crippen LogP contribution in [-0.4, -0.2) is 22.2 Å². The summed E-state index contributed by atoms with van der Waals surface area (Å²) in [5.41, 5.74) is 7.54. The summed E-state index contributed by atoms with van der Waals surface area (Å²) in [6, 6.07) is 3.85. The fraction of sp³-hybridized carbons (Fsp3) is 0.111. The van der Waals surface area contributed by atoms with Gasteiger partial charge < -0.3 is 15.9 Å². The van der Waals surface area contributed by atoms with Crippen LogP contribution < -0.4 is 29.6 Å². The van der Waals surface area contributed by atoms with Gasteiger partial charge in [0.25, 0.3) is 5.97 Å². The molecule has 1 aromatic carbocycles. The first-order valence-electron chi connectivity index (χ1n) is 3.79. The van der Waals surface area contributed by atoms with Gasteiger partial charge >= 0.3 is 35.5 Å². The summed E-state index contributed by atoms with van der Waals surface area (Å²) in [6.45, 7) is 0. The second-order valence-electron chi connectivity index (χ2n) is 2.70. The normalized spacial score (nSPS) is 11.3. The van der Waals surface area contributed by atoms with Crippen LogP contribution >= 0.6 is 0 Å². The molecule has 0 amide bonds. The molecule has 0 bridgehead atoms. The average molecular weight is 217 g/mol. The number of carboxylic acids is 2. The minimum absolute atomic E-state index is 0. The second kappa shape index (κ2) is 5.87. The molecule has 0 heterocycles. The third-order valence-electron chi connectivity index (χ3n) is 1.74. The molecule has 1 rings (SSSR count). The van der Waals surface area contributed by atoms with Crippen LogP contribution in [0.5, 0.6) is 0 Å². The van der Waals surface area contributed by atoms with Gasteiger partial charge in [-0.15, -0.1) is 0 Å². The van der Waals surface area contributed by atoms with E-state index in [4.69, 9.17) is 15.9 Å². The first-order valence-corrected chi connectivity index (χ1v) is 3.79. The molecule has 0 aliphatic carbocycles.